The number of nitrogens with zero attached hydrogens (tertiary/aromatic N) is 5. The van der Waals surface area contributed by atoms with Gasteiger partial charge in [-0.2, -0.15) is 0 Å². The minimum absolute atomic E-state index is 0.116. The molecule has 3 N–H and O–H groups in total. The lowest BCUT2D eigenvalue weighted by Crippen LogP contribution is -2.28. The zero-order valence-electron chi connectivity index (χ0n) is 21.0. The molecule has 0 unspecified atom stereocenters. The molecule has 188 valence electrons. The van der Waals surface area contributed by atoms with E-state index >= 15 is 0 Å². The minimum atomic E-state index is -0.443. The Hall–Kier alpha value is -5.55. The first-order chi connectivity index (χ1) is 19.1. The van der Waals surface area contributed by atoms with Crippen LogP contribution in [0.1, 0.15) is 40.1 Å². The van der Waals surface area contributed by atoms with Gasteiger partial charge in [-0.15, -0.1) is 5.10 Å². The van der Waals surface area contributed by atoms with E-state index in [1.54, 1.807) is 30.9 Å². The van der Waals surface area contributed by atoms with Crippen molar-refractivity contribution in [2.75, 3.05) is 5.73 Å². The van der Waals surface area contributed by atoms with Crippen molar-refractivity contribution in [1.82, 2.24) is 29.9 Å². The molecule has 6 aromatic rings. The average molecular weight is 510 g/mol. The maximum absolute atomic E-state index is 13.4. The van der Waals surface area contributed by atoms with Crippen LogP contribution in [0.15, 0.2) is 97.6 Å². The van der Waals surface area contributed by atoms with Crippen molar-refractivity contribution < 1.29 is 4.79 Å². The Morgan fingerprint density at radius 3 is 2.62 bits per heavy atom. The predicted octanol–water partition coefficient (Wildman–Crippen LogP) is 4.81. The lowest BCUT2D eigenvalue weighted by Gasteiger charge is -2.19. The number of carbonyl (C=O) groups is 1. The number of nitrogens with one attached hydrogen (secondary N) is 1. The Labute approximate surface area is 224 Å². The Balaban J connectivity index is 1.43. The largest absolute Gasteiger partial charge is 0.381 e. The molecule has 39 heavy (non-hydrogen) atoms. The van der Waals surface area contributed by atoms with Crippen LogP contribution in [0.25, 0.3) is 27.7 Å². The molecule has 8 nitrogen and oxygen atoms in total. The van der Waals surface area contributed by atoms with Crippen LogP contribution >= 0.6 is 0 Å². The summed E-state index contributed by atoms with van der Waals surface area (Å²) in [6.07, 6.45) is 6.75. The second-order valence-electron chi connectivity index (χ2n) is 8.99. The molecule has 6 rings (SSSR count). The third kappa shape index (κ3) is 4.65. The van der Waals surface area contributed by atoms with Crippen molar-refractivity contribution in [3.8, 4) is 23.0 Å². The summed E-state index contributed by atoms with van der Waals surface area (Å²) in [5.41, 5.74) is 11.9. The first kappa shape index (κ1) is 23.8. The topological polar surface area (TPSA) is 111 Å². The van der Waals surface area contributed by atoms with Gasteiger partial charge >= 0.3 is 0 Å². The molecule has 0 aliphatic carbocycles. The van der Waals surface area contributed by atoms with Crippen molar-refractivity contribution in [3.05, 3.63) is 120 Å². The lowest BCUT2D eigenvalue weighted by atomic mass is 9.96. The number of nitrogen functional groups attached to an aromatic ring is 1. The van der Waals surface area contributed by atoms with Gasteiger partial charge in [0.05, 0.1) is 17.3 Å². The van der Waals surface area contributed by atoms with Gasteiger partial charge in [0.25, 0.3) is 5.91 Å². The summed E-state index contributed by atoms with van der Waals surface area (Å²) in [6.45, 7) is 1.90. The number of hydrogen-bond acceptors (Lipinski definition) is 6. The number of carbonyl (C=O) groups excluding carboxylic acids is 1. The zero-order valence-corrected chi connectivity index (χ0v) is 21.0. The minimum Gasteiger partial charge on any atom is -0.381 e. The van der Waals surface area contributed by atoms with Crippen molar-refractivity contribution in [1.29, 1.82) is 0 Å². The molecule has 4 heterocycles. The summed E-state index contributed by atoms with van der Waals surface area (Å²) in [5, 5.41) is 8.19. The van der Waals surface area contributed by atoms with Crippen molar-refractivity contribution in [2.24, 2.45) is 0 Å². The van der Waals surface area contributed by atoms with Gasteiger partial charge in [-0.1, -0.05) is 48.2 Å². The van der Waals surface area contributed by atoms with E-state index < -0.39 is 6.04 Å². The van der Waals surface area contributed by atoms with Crippen LogP contribution in [-0.2, 0) is 0 Å². The molecule has 8 heteroatoms. The highest BCUT2D eigenvalue weighted by molar-refractivity contribution is 6.04. The molecule has 0 radical (unpaired) electrons. The van der Waals surface area contributed by atoms with E-state index in [9.17, 15) is 4.79 Å². The number of nitrogens with two attached hydrogens (primary N) is 1. The van der Waals surface area contributed by atoms with Crippen molar-refractivity contribution >= 4 is 28.3 Å². The maximum atomic E-state index is 13.4. The van der Waals surface area contributed by atoms with E-state index in [0.29, 0.717) is 5.65 Å². The molecule has 0 aliphatic heterocycles. The van der Waals surface area contributed by atoms with E-state index in [1.165, 1.54) is 4.52 Å². The number of pyridine rings is 2. The number of amides is 1. The van der Waals surface area contributed by atoms with Crippen LogP contribution in [-0.4, -0.2) is 30.5 Å². The third-order valence-corrected chi connectivity index (χ3v) is 6.40. The molecule has 1 amide bonds. The van der Waals surface area contributed by atoms with Gasteiger partial charge in [0.2, 0.25) is 0 Å². The summed E-state index contributed by atoms with van der Waals surface area (Å²) in [6, 6.07) is 23.0. The van der Waals surface area contributed by atoms with Crippen molar-refractivity contribution in [3.63, 3.8) is 0 Å². The van der Waals surface area contributed by atoms with Gasteiger partial charge in [-0.25, -0.2) is 14.5 Å². The standard InChI is InChI=1S/C31H23N7O/c1-20(35-31(39)27-29(32)37-38-18-6-15-34-30(27)38)28-25(22-7-3-2-4-8-22)19-24-23(9-5-10-26(24)36-28)12-11-21-13-16-33-17-14-21/h2-10,13-20H,1H3,(H2,32,37)(H,35,39)/t20-/m1/s1. The zero-order chi connectivity index (χ0) is 26.8. The second-order valence-corrected chi connectivity index (χ2v) is 8.99. The Bertz CT molecular complexity index is 1890. The van der Waals surface area contributed by atoms with Crippen LogP contribution in [0.4, 0.5) is 5.82 Å². The fraction of sp³-hybridized carbons (Fsp3) is 0.0645. The van der Waals surface area contributed by atoms with Gasteiger partial charge in [-0.05, 0) is 48.9 Å². The molecule has 0 saturated heterocycles. The van der Waals surface area contributed by atoms with Crippen LogP contribution in [0.2, 0.25) is 0 Å². The molecule has 0 spiro atoms. The van der Waals surface area contributed by atoms with Gasteiger partial charge in [0, 0.05) is 46.9 Å². The quantitative estimate of drug-likeness (QED) is 0.330. The summed E-state index contributed by atoms with van der Waals surface area (Å²) in [7, 11) is 0. The van der Waals surface area contributed by atoms with Gasteiger partial charge in [0.15, 0.2) is 11.5 Å². The third-order valence-electron chi connectivity index (χ3n) is 6.40. The SMILES string of the molecule is C[C@@H](NC(=O)c1c(N)nn2cccnc12)c1nc2cccc(C#Cc3ccncc3)c2cc1-c1ccccc1. The number of anilines is 1. The van der Waals surface area contributed by atoms with Crippen LogP contribution < -0.4 is 11.1 Å². The Morgan fingerprint density at radius 1 is 0.974 bits per heavy atom. The van der Waals surface area contributed by atoms with Crippen molar-refractivity contribution in [2.45, 2.75) is 13.0 Å². The fourth-order valence-electron chi connectivity index (χ4n) is 4.53. The van der Waals surface area contributed by atoms with E-state index in [4.69, 9.17) is 10.7 Å². The van der Waals surface area contributed by atoms with E-state index in [0.717, 1.165) is 38.9 Å². The predicted molar refractivity (Wildman–Crippen MR) is 151 cm³/mol. The average Bonchev–Trinajstić information content (AvgIpc) is 3.32. The fourth-order valence-corrected chi connectivity index (χ4v) is 4.53. The maximum Gasteiger partial charge on any atom is 0.259 e. The summed E-state index contributed by atoms with van der Waals surface area (Å²) < 4.78 is 1.49. The number of benzene rings is 2. The monoisotopic (exact) mass is 509 g/mol. The molecule has 0 aliphatic rings. The number of fused-ring (bicyclic) bond motifs is 2. The smallest absolute Gasteiger partial charge is 0.259 e. The van der Waals surface area contributed by atoms with E-state index in [2.05, 4.69) is 38.3 Å². The van der Waals surface area contributed by atoms with Crippen LogP contribution in [0, 0.1) is 11.8 Å². The van der Waals surface area contributed by atoms with Gasteiger partial charge in [0.1, 0.15) is 5.56 Å². The van der Waals surface area contributed by atoms with E-state index in [-0.39, 0.29) is 17.3 Å². The number of rotatable bonds is 4. The first-order valence-corrected chi connectivity index (χ1v) is 12.4. The Kier molecular flexibility index (Phi) is 6.15. The highest BCUT2D eigenvalue weighted by Gasteiger charge is 2.23. The van der Waals surface area contributed by atoms with Crippen LogP contribution in [0.5, 0.6) is 0 Å². The highest BCUT2D eigenvalue weighted by Crippen LogP contribution is 2.32. The van der Waals surface area contributed by atoms with Gasteiger partial charge < -0.3 is 11.1 Å². The molecule has 2 aromatic carbocycles. The summed E-state index contributed by atoms with van der Waals surface area (Å²) in [5.74, 6) is 6.25. The second kappa shape index (κ2) is 10.1. The molecule has 0 fully saturated rings. The Morgan fingerprint density at radius 2 is 1.79 bits per heavy atom. The van der Waals surface area contributed by atoms with Crippen LogP contribution in [0.3, 0.4) is 0 Å². The molecular weight excluding hydrogens is 486 g/mol. The lowest BCUT2D eigenvalue weighted by molar-refractivity contribution is 0.0941. The van der Waals surface area contributed by atoms with E-state index in [1.807, 2.05) is 67.6 Å². The number of hydrogen-bond donors (Lipinski definition) is 2. The molecule has 0 bridgehead atoms. The summed E-state index contributed by atoms with van der Waals surface area (Å²) in [4.78, 5) is 26.7. The number of aromatic nitrogens is 5. The normalized spacial score (nSPS) is 11.6. The van der Waals surface area contributed by atoms with Gasteiger partial charge in [-0.3, -0.25) is 9.78 Å². The summed E-state index contributed by atoms with van der Waals surface area (Å²) >= 11 is 0. The molecular formula is C31H23N7O. The first-order valence-electron chi connectivity index (χ1n) is 12.4. The molecule has 4 aromatic heterocycles. The molecule has 1 atom stereocenters. The molecule has 0 saturated carbocycles. The highest BCUT2D eigenvalue weighted by atomic mass is 16.1.